The van der Waals surface area contributed by atoms with Crippen LogP contribution in [0.2, 0.25) is 0 Å². The van der Waals surface area contributed by atoms with Crippen molar-refractivity contribution in [2.75, 3.05) is 5.75 Å². The molecule has 106 valence electrons. The Bertz CT molecular complexity index is 727. The second kappa shape index (κ2) is 5.81. The quantitative estimate of drug-likeness (QED) is 0.861. The SMILES string of the molecule is O=S(=O)(NC1CCSc2ccccc21)c1sccc1Br. The van der Waals surface area contributed by atoms with Crippen LogP contribution in [0, 0.1) is 0 Å². The number of thioether (sulfide) groups is 1. The van der Waals surface area contributed by atoms with E-state index in [1.54, 1.807) is 23.2 Å². The second-order valence-electron chi connectivity index (χ2n) is 4.40. The first-order chi connectivity index (χ1) is 9.58. The average Bonchev–Trinajstić information content (AvgIpc) is 2.86. The molecule has 1 atom stereocenters. The lowest BCUT2D eigenvalue weighted by molar-refractivity contribution is 0.547. The van der Waals surface area contributed by atoms with Gasteiger partial charge in [0.25, 0.3) is 10.0 Å². The minimum Gasteiger partial charge on any atom is -0.206 e. The molecule has 3 rings (SSSR count). The Morgan fingerprint density at radius 1 is 1.25 bits per heavy atom. The van der Waals surface area contributed by atoms with Crippen molar-refractivity contribution in [2.24, 2.45) is 0 Å². The first-order valence-corrected chi connectivity index (χ1v) is 10.2. The van der Waals surface area contributed by atoms with Crippen LogP contribution in [-0.2, 0) is 10.0 Å². The predicted octanol–water partition coefficient (Wildman–Crippen LogP) is 4.03. The summed E-state index contributed by atoms with van der Waals surface area (Å²) < 4.78 is 28.7. The van der Waals surface area contributed by atoms with E-state index in [4.69, 9.17) is 0 Å². The molecule has 2 heterocycles. The zero-order valence-corrected chi connectivity index (χ0v) is 14.4. The normalized spacial score (nSPS) is 18.8. The summed E-state index contributed by atoms with van der Waals surface area (Å²) in [5.41, 5.74) is 1.07. The highest BCUT2D eigenvalue weighted by Gasteiger charge is 2.27. The van der Waals surface area contributed by atoms with Crippen molar-refractivity contribution in [2.45, 2.75) is 21.6 Å². The molecular weight excluding hydrogens is 378 g/mol. The molecule has 1 aromatic carbocycles. The van der Waals surface area contributed by atoms with Crippen molar-refractivity contribution in [1.82, 2.24) is 4.72 Å². The van der Waals surface area contributed by atoms with Gasteiger partial charge in [-0.2, -0.15) is 0 Å². The number of thiophene rings is 1. The summed E-state index contributed by atoms with van der Waals surface area (Å²) in [5, 5.41) is 1.77. The van der Waals surface area contributed by atoms with Gasteiger partial charge in [0.1, 0.15) is 4.21 Å². The molecule has 1 N–H and O–H groups in total. The molecule has 0 radical (unpaired) electrons. The summed E-state index contributed by atoms with van der Waals surface area (Å²) in [4.78, 5) is 1.16. The topological polar surface area (TPSA) is 46.2 Å². The third-order valence-corrected chi connectivity index (χ3v) is 8.35. The van der Waals surface area contributed by atoms with Crippen LogP contribution >= 0.6 is 39.0 Å². The van der Waals surface area contributed by atoms with Gasteiger partial charge >= 0.3 is 0 Å². The molecule has 0 amide bonds. The van der Waals surface area contributed by atoms with Crippen molar-refractivity contribution in [1.29, 1.82) is 0 Å². The van der Waals surface area contributed by atoms with Crippen LogP contribution in [0.4, 0.5) is 0 Å². The summed E-state index contributed by atoms with van der Waals surface area (Å²) >= 11 is 6.29. The van der Waals surface area contributed by atoms with Crippen molar-refractivity contribution in [3.8, 4) is 0 Å². The van der Waals surface area contributed by atoms with Crippen molar-refractivity contribution in [3.63, 3.8) is 0 Å². The number of nitrogens with one attached hydrogen (secondary N) is 1. The van der Waals surface area contributed by atoms with E-state index < -0.39 is 10.0 Å². The largest absolute Gasteiger partial charge is 0.251 e. The van der Waals surface area contributed by atoms with Gasteiger partial charge in [-0.05, 0) is 51.2 Å². The first-order valence-electron chi connectivity index (χ1n) is 6.05. The van der Waals surface area contributed by atoms with Crippen LogP contribution in [0.3, 0.4) is 0 Å². The fourth-order valence-corrected chi connectivity index (χ4v) is 6.91. The fourth-order valence-electron chi connectivity index (χ4n) is 2.18. The zero-order chi connectivity index (χ0) is 14.2. The summed E-state index contributed by atoms with van der Waals surface area (Å²) in [5.74, 6) is 0.926. The van der Waals surface area contributed by atoms with E-state index in [2.05, 4.69) is 20.7 Å². The van der Waals surface area contributed by atoms with Crippen LogP contribution in [0.5, 0.6) is 0 Å². The van der Waals surface area contributed by atoms with Gasteiger partial charge < -0.3 is 0 Å². The highest BCUT2D eigenvalue weighted by Crippen LogP contribution is 2.37. The predicted molar refractivity (Wildman–Crippen MR) is 86.9 cm³/mol. The van der Waals surface area contributed by atoms with Crippen molar-refractivity contribution in [3.05, 3.63) is 45.7 Å². The number of hydrogen-bond acceptors (Lipinski definition) is 4. The zero-order valence-electron chi connectivity index (χ0n) is 10.4. The smallest absolute Gasteiger partial charge is 0.206 e. The molecule has 0 bridgehead atoms. The van der Waals surface area contributed by atoms with Gasteiger partial charge in [0, 0.05) is 15.4 Å². The molecule has 3 nitrogen and oxygen atoms in total. The highest BCUT2D eigenvalue weighted by molar-refractivity contribution is 9.10. The molecule has 0 aliphatic carbocycles. The molecule has 0 saturated heterocycles. The maximum atomic E-state index is 12.5. The molecule has 7 heteroatoms. The molecule has 1 unspecified atom stereocenters. The molecule has 0 spiro atoms. The Hall–Kier alpha value is -0.340. The monoisotopic (exact) mass is 389 g/mol. The summed E-state index contributed by atoms with van der Waals surface area (Å²) in [6, 6.07) is 9.58. The van der Waals surface area contributed by atoms with Gasteiger partial charge in [-0.1, -0.05) is 18.2 Å². The lowest BCUT2D eigenvalue weighted by Gasteiger charge is -2.25. The molecule has 2 aromatic rings. The molecule has 0 saturated carbocycles. The summed E-state index contributed by atoms with van der Waals surface area (Å²) in [6.07, 6.45) is 0.809. The highest BCUT2D eigenvalue weighted by atomic mass is 79.9. The first kappa shape index (κ1) is 14.6. The van der Waals surface area contributed by atoms with Crippen molar-refractivity contribution < 1.29 is 8.42 Å². The molecule has 1 aliphatic rings. The molecule has 0 fully saturated rings. The van der Waals surface area contributed by atoms with Gasteiger partial charge in [-0.15, -0.1) is 23.1 Å². The number of benzene rings is 1. The Kier molecular flexibility index (Phi) is 4.24. The Balaban J connectivity index is 1.91. The number of sulfonamides is 1. The van der Waals surface area contributed by atoms with Gasteiger partial charge in [0.05, 0.1) is 0 Å². The van der Waals surface area contributed by atoms with E-state index in [-0.39, 0.29) is 6.04 Å². The minimum atomic E-state index is -3.48. The Morgan fingerprint density at radius 2 is 2.05 bits per heavy atom. The standard InChI is InChI=1S/C13H12BrNO2S3/c14-10-5-7-19-13(10)20(16,17)15-11-6-8-18-12-4-2-1-3-9(11)12/h1-5,7,11,15H,6,8H2. The van der Waals surface area contributed by atoms with Gasteiger partial charge in [-0.3, -0.25) is 0 Å². The van der Waals surface area contributed by atoms with E-state index in [1.807, 2.05) is 24.3 Å². The van der Waals surface area contributed by atoms with Gasteiger partial charge in [-0.25, -0.2) is 13.1 Å². The maximum Gasteiger partial charge on any atom is 0.251 e. The van der Waals surface area contributed by atoms with Gasteiger partial charge in [0.15, 0.2) is 0 Å². The van der Waals surface area contributed by atoms with Crippen LogP contribution < -0.4 is 4.72 Å². The van der Waals surface area contributed by atoms with E-state index in [0.717, 1.165) is 22.6 Å². The van der Waals surface area contributed by atoms with Crippen molar-refractivity contribution >= 4 is 49.1 Å². The molecule has 20 heavy (non-hydrogen) atoms. The molecular formula is C13H12BrNO2S3. The summed E-state index contributed by atoms with van der Waals surface area (Å²) in [6.45, 7) is 0. The maximum absolute atomic E-state index is 12.5. The third kappa shape index (κ3) is 2.82. The number of rotatable bonds is 3. The number of hydrogen-bond donors (Lipinski definition) is 1. The van der Waals surface area contributed by atoms with E-state index >= 15 is 0 Å². The lowest BCUT2D eigenvalue weighted by atomic mass is 10.1. The summed E-state index contributed by atoms with van der Waals surface area (Å²) in [7, 11) is -3.48. The third-order valence-electron chi connectivity index (χ3n) is 3.08. The van der Waals surface area contributed by atoms with E-state index in [9.17, 15) is 8.42 Å². The molecule has 1 aromatic heterocycles. The number of fused-ring (bicyclic) bond motifs is 1. The van der Waals surface area contributed by atoms with E-state index in [0.29, 0.717) is 8.68 Å². The fraction of sp³-hybridized carbons (Fsp3) is 0.231. The average molecular weight is 390 g/mol. The van der Waals surface area contributed by atoms with Crippen LogP contribution in [0.15, 0.2) is 49.3 Å². The minimum absolute atomic E-state index is 0.147. The van der Waals surface area contributed by atoms with Crippen LogP contribution in [0.1, 0.15) is 18.0 Å². The molecule has 1 aliphatic heterocycles. The van der Waals surface area contributed by atoms with Crippen LogP contribution in [-0.4, -0.2) is 14.2 Å². The number of halogens is 1. The lowest BCUT2D eigenvalue weighted by Crippen LogP contribution is -2.30. The van der Waals surface area contributed by atoms with E-state index in [1.165, 1.54) is 11.3 Å². The Labute approximate surface area is 135 Å². The van der Waals surface area contributed by atoms with Crippen LogP contribution in [0.25, 0.3) is 0 Å². The Morgan fingerprint density at radius 3 is 2.80 bits per heavy atom. The van der Waals surface area contributed by atoms with Gasteiger partial charge in [0.2, 0.25) is 0 Å². The second-order valence-corrected chi connectivity index (χ2v) is 9.22.